The molecule has 0 atom stereocenters. The predicted octanol–water partition coefficient (Wildman–Crippen LogP) is 3.72. The Balaban J connectivity index is 2.38. The van der Waals surface area contributed by atoms with E-state index in [9.17, 15) is 5.26 Å². The number of hydrogen-bond acceptors (Lipinski definition) is 2. The SMILES string of the molecule is COc1cc(-c2ccccc2)c2c(C#N)c[nH]c2c1. The molecule has 0 amide bonds. The molecule has 3 heteroatoms. The van der Waals surface area contributed by atoms with E-state index in [2.05, 4.69) is 11.1 Å². The Morgan fingerprint density at radius 1 is 1.16 bits per heavy atom. The highest BCUT2D eigenvalue weighted by Crippen LogP contribution is 2.34. The minimum absolute atomic E-state index is 0.650. The van der Waals surface area contributed by atoms with Crippen molar-refractivity contribution < 1.29 is 4.74 Å². The molecule has 3 aromatic rings. The number of rotatable bonds is 2. The number of H-pyrrole nitrogens is 1. The molecule has 2 aromatic carbocycles. The van der Waals surface area contributed by atoms with Crippen molar-refractivity contribution in [2.45, 2.75) is 0 Å². The molecule has 0 bridgehead atoms. The molecule has 1 heterocycles. The van der Waals surface area contributed by atoms with Gasteiger partial charge in [0.05, 0.1) is 18.2 Å². The molecule has 0 saturated heterocycles. The second-order valence-corrected chi connectivity index (χ2v) is 4.28. The maximum Gasteiger partial charge on any atom is 0.121 e. The van der Waals surface area contributed by atoms with E-state index in [-0.39, 0.29) is 0 Å². The van der Waals surface area contributed by atoms with Crippen LogP contribution in [0.1, 0.15) is 5.56 Å². The number of aromatic nitrogens is 1. The molecule has 1 aromatic heterocycles. The van der Waals surface area contributed by atoms with Crippen LogP contribution in [0.4, 0.5) is 0 Å². The van der Waals surface area contributed by atoms with Crippen molar-refractivity contribution in [1.82, 2.24) is 4.98 Å². The summed E-state index contributed by atoms with van der Waals surface area (Å²) < 4.78 is 5.32. The third kappa shape index (κ3) is 1.84. The second-order valence-electron chi connectivity index (χ2n) is 4.28. The number of methoxy groups -OCH3 is 1. The smallest absolute Gasteiger partial charge is 0.121 e. The zero-order chi connectivity index (χ0) is 13.2. The van der Waals surface area contributed by atoms with Gasteiger partial charge in [-0.15, -0.1) is 0 Å². The first-order valence-corrected chi connectivity index (χ1v) is 5.98. The maximum atomic E-state index is 9.22. The van der Waals surface area contributed by atoms with E-state index in [1.807, 2.05) is 42.5 Å². The number of benzene rings is 2. The second kappa shape index (κ2) is 4.51. The van der Waals surface area contributed by atoms with Crippen molar-refractivity contribution >= 4 is 10.9 Å². The molecule has 19 heavy (non-hydrogen) atoms. The summed E-state index contributed by atoms with van der Waals surface area (Å²) in [6.45, 7) is 0. The normalized spacial score (nSPS) is 10.3. The average molecular weight is 248 g/mol. The van der Waals surface area contributed by atoms with Gasteiger partial charge in [0.25, 0.3) is 0 Å². The number of ether oxygens (including phenoxy) is 1. The molecule has 3 nitrogen and oxygen atoms in total. The number of nitriles is 1. The summed E-state index contributed by atoms with van der Waals surface area (Å²) in [5, 5.41) is 10.2. The molecule has 3 rings (SSSR count). The van der Waals surface area contributed by atoms with Gasteiger partial charge >= 0.3 is 0 Å². The lowest BCUT2D eigenvalue weighted by atomic mass is 9.99. The van der Waals surface area contributed by atoms with Gasteiger partial charge in [-0.05, 0) is 17.2 Å². The summed E-state index contributed by atoms with van der Waals surface area (Å²) in [6, 6.07) is 16.1. The quantitative estimate of drug-likeness (QED) is 0.751. The topological polar surface area (TPSA) is 48.8 Å². The minimum Gasteiger partial charge on any atom is -0.497 e. The summed E-state index contributed by atoms with van der Waals surface area (Å²) in [4.78, 5) is 3.12. The van der Waals surface area contributed by atoms with Crippen LogP contribution in [-0.2, 0) is 0 Å². The van der Waals surface area contributed by atoms with Crippen LogP contribution in [0.25, 0.3) is 22.0 Å². The van der Waals surface area contributed by atoms with Gasteiger partial charge in [-0.2, -0.15) is 5.26 Å². The van der Waals surface area contributed by atoms with Crippen molar-refractivity contribution in [2.75, 3.05) is 7.11 Å². The molecule has 0 spiro atoms. The van der Waals surface area contributed by atoms with Crippen LogP contribution in [0, 0.1) is 11.3 Å². The highest BCUT2D eigenvalue weighted by Gasteiger charge is 2.12. The molecule has 1 N–H and O–H groups in total. The lowest BCUT2D eigenvalue weighted by Gasteiger charge is -2.07. The van der Waals surface area contributed by atoms with E-state index in [4.69, 9.17) is 4.74 Å². The summed E-state index contributed by atoms with van der Waals surface area (Å²) in [6.07, 6.45) is 1.73. The Hall–Kier alpha value is -2.73. The van der Waals surface area contributed by atoms with Crippen LogP contribution in [0.3, 0.4) is 0 Å². The van der Waals surface area contributed by atoms with Gasteiger partial charge in [0, 0.05) is 17.6 Å². The molecule has 0 saturated carbocycles. The zero-order valence-electron chi connectivity index (χ0n) is 10.5. The Bertz CT molecular complexity index is 767. The maximum absolute atomic E-state index is 9.22. The largest absolute Gasteiger partial charge is 0.497 e. The minimum atomic E-state index is 0.650. The van der Waals surface area contributed by atoms with E-state index in [0.717, 1.165) is 27.8 Å². The third-order valence-corrected chi connectivity index (χ3v) is 3.19. The van der Waals surface area contributed by atoms with E-state index in [1.54, 1.807) is 13.3 Å². The van der Waals surface area contributed by atoms with Crippen molar-refractivity contribution in [3.05, 3.63) is 54.2 Å². The lowest BCUT2D eigenvalue weighted by Crippen LogP contribution is -1.86. The molecule has 0 radical (unpaired) electrons. The van der Waals surface area contributed by atoms with E-state index >= 15 is 0 Å². The van der Waals surface area contributed by atoms with Gasteiger partial charge in [-0.1, -0.05) is 30.3 Å². The van der Waals surface area contributed by atoms with Crippen LogP contribution in [0.5, 0.6) is 5.75 Å². The van der Waals surface area contributed by atoms with Gasteiger partial charge in [0.2, 0.25) is 0 Å². The fourth-order valence-electron chi connectivity index (χ4n) is 2.29. The van der Waals surface area contributed by atoms with Crippen molar-refractivity contribution in [3.63, 3.8) is 0 Å². The number of nitrogens with one attached hydrogen (secondary N) is 1. The Morgan fingerprint density at radius 3 is 2.63 bits per heavy atom. The number of hydrogen-bond donors (Lipinski definition) is 1. The highest BCUT2D eigenvalue weighted by atomic mass is 16.5. The van der Waals surface area contributed by atoms with Gasteiger partial charge in [-0.25, -0.2) is 0 Å². The zero-order valence-corrected chi connectivity index (χ0v) is 10.5. The average Bonchev–Trinajstić information content (AvgIpc) is 2.90. The van der Waals surface area contributed by atoms with Gasteiger partial charge in [0.15, 0.2) is 0 Å². The first-order valence-electron chi connectivity index (χ1n) is 5.98. The van der Waals surface area contributed by atoms with E-state index in [1.165, 1.54) is 0 Å². The number of nitrogens with zero attached hydrogens (tertiary/aromatic N) is 1. The monoisotopic (exact) mass is 248 g/mol. The summed E-state index contributed by atoms with van der Waals surface area (Å²) in [7, 11) is 1.64. The van der Waals surface area contributed by atoms with E-state index in [0.29, 0.717) is 5.56 Å². The van der Waals surface area contributed by atoms with Crippen LogP contribution in [0.2, 0.25) is 0 Å². The Labute approximate surface area is 111 Å². The lowest BCUT2D eigenvalue weighted by molar-refractivity contribution is 0.415. The summed E-state index contributed by atoms with van der Waals surface area (Å²) in [5.41, 5.74) is 3.64. The molecule has 92 valence electrons. The molecule has 0 unspecified atom stereocenters. The fourth-order valence-corrected chi connectivity index (χ4v) is 2.29. The summed E-state index contributed by atoms with van der Waals surface area (Å²) in [5.74, 6) is 0.776. The van der Waals surface area contributed by atoms with Crippen molar-refractivity contribution in [1.29, 1.82) is 5.26 Å². The molecular formula is C16H12N2O. The van der Waals surface area contributed by atoms with Crippen molar-refractivity contribution in [3.8, 4) is 22.9 Å². The molecule has 0 fully saturated rings. The highest BCUT2D eigenvalue weighted by molar-refractivity contribution is 6.00. The van der Waals surface area contributed by atoms with Crippen LogP contribution >= 0.6 is 0 Å². The fraction of sp³-hybridized carbons (Fsp3) is 0.0625. The predicted molar refractivity (Wildman–Crippen MR) is 75.0 cm³/mol. The molecule has 0 aliphatic heterocycles. The standard InChI is InChI=1S/C16H12N2O/c1-19-13-7-14(11-5-3-2-4-6-11)16-12(9-17)10-18-15(16)8-13/h2-8,10,18H,1H3. The Kier molecular flexibility index (Phi) is 2.70. The summed E-state index contributed by atoms with van der Waals surface area (Å²) >= 11 is 0. The van der Waals surface area contributed by atoms with Gasteiger partial charge < -0.3 is 9.72 Å². The van der Waals surface area contributed by atoms with Crippen LogP contribution < -0.4 is 4.74 Å². The number of aromatic amines is 1. The van der Waals surface area contributed by atoms with Crippen LogP contribution in [-0.4, -0.2) is 12.1 Å². The van der Waals surface area contributed by atoms with E-state index < -0.39 is 0 Å². The first-order chi connectivity index (χ1) is 9.33. The molecule has 0 aliphatic carbocycles. The molecular weight excluding hydrogens is 236 g/mol. The van der Waals surface area contributed by atoms with Crippen molar-refractivity contribution in [2.24, 2.45) is 0 Å². The van der Waals surface area contributed by atoms with Gasteiger partial charge in [0.1, 0.15) is 11.8 Å². The van der Waals surface area contributed by atoms with Gasteiger partial charge in [-0.3, -0.25) is 0 Å². The first kappa shape index (κ1) is 11.4. The Morgan fingerprint density at radius 2 is 1.95 bits per heavy atom. The van der Waals surface area contributed by atoms with Crippen LogP contribution in [0.15, 0.2) is 48.7 Å². The molecule has 0 aliphatic rings. The number of fused-ring (bicyclic) bond motifs is 1. The third-order valence-electron chi connectivity index (χ3n) is 3.19.